The number of piperidine rings is 1. The second-order valence-electron chi connectivity index (χ2n) is 8.39. The lowest BCUT2D eigenvalue weighted by atomic mass is 10.1. The van der Waals surface area contributed by atoms with Gasteiger partial charge in [-0.05, 0) is 61.4 Å². The van der Waals surface area contributed by atoms with E-state index in [4.69, 9.17) is 10.5 Å². The first-order chi connectivity index (χ1) is 16.7. The summed E-state index contributed by atoms with van der Waals surface area (Å²) < 4.78 is 31.1. The highest BCUT2D eigenvalue weighted by Crippen LogP contribution is 2.30. The number of hydrogen-bond acceptors (Lipinski definition) is 6. The van der Waals surface area contributed by atoms with Crippen LogP contribution in [0.5, 0.6) is 11.5 Å². The van der Waals surface area contributed by atoms with E-state index in [2.05, 4.69) is 11.7 Å². The summed E-state index contributed by atoms with van der Waals surface area (Å²) in [6, 6.07) is 13.1. The van der Waals surface area contributed by atoms with Crippen molar-refractivity contribution >= 4 is 21.7 Å². The number of sulfone groups is 1. The Kier molecular flexibility index (Phi) is 6.74. The fourth-order valence-corrected chi connectivity index (χ4v) is 4.71. The minimum Gasteiger partial charge on any atom is -0.457 e. The summed E-state index contributed by atoms with van der Waals surface area (Å²) in [5.41, 5.74) is 7.02. The van der Waals surface area contributed by atoms with Crippen LogP contribution in [-0.4, -0.2) is 54.3 Å². The molecule has 0 unspecified atom stereocenters. The molecule has 1 aliphatic heterocycles. The van der Waals surface area contributed by atoms with Crippen molar-refractivity contribution in [1.29, 1.82) is 0 Å². The maximum atomic E-state index is 12.1. The minimum atomic E-state index is -3.35. The highest BCUT2D eigenvalue weighted by Gasteiger charge is 2.26. The molecule has 2 aromatic carbocycles. The summed E-state index contributed by atoms with van der Waals surface area (Å²) in [4.78, 5) is 26.1. The zero-order valence-corrected chi connectivity index (χ0v) is 20.1. The molecule has 2 heterocycles. The molecule has 1 aliphatic rings. The molecule has 35 heavy (non-hydrogen) atoms. The number of nitrogens with two attached hydrogens (primary N) is 1. The second-order valence-corrected chi connectivity index (χ2v) is 10.4. The highest BCUT2D eigenvalue weighted by molar-refractivity contribution is 7.90. The van der Waals surface area contributed by atoms with Crippen LogP contribution in [0, 0.1) is 0 Å². The quantitative estimate of drug-likeness (QED) is 0.503. The van der Waals surface area contributed by atoms with Gasteiger partial charge in [0.15, 0.2) is 9.84 Å². The molecule has 1 aromatic heterocycles. The van der Waals surface area contributed by atoms with E-state index >= 15 is 0 Å². The van der Waals surface area contributed by atoms with Crippen molar-refractivity contribution in [2.24, 2.45) is 5.73 Å². The average molecular weight is 495 g/mol. The summed E-state index contributed by atoms with van der Waals surface area (Å²) >= 11 is 0. The van der Waals surface area contributed by atoms with Crippen LogP contribution in [0.3, 0.4) is 0 Å². The van der Waals surface area contributed by atoms with E-state index < -0.39 is 15.7 Å². The molecule has 0 bridgehead atoms. The lowest BCUT2D eigenvalue weighted by molar-refractivity contribution is -0.127. The monoisotopic (exact) mass is 494 g/mol. The van der Waals surface area contributed by atoms with Crippen molar-refractivity contribution in [3.05, 3.63) is 72.9 Å². The number of amides is 2. The van der Waals surface area contributed by atoms with Crippen molar-refractivity contribution in [2.45, 2.75) is 23.8 Å². The standard InChI is InChI=1S/C25H26N4O5S/c1-3-23(30)28-13-5-6-18(15-28)29-16-22(25(26)31)24(27-29)17-9-11-19(12-10-17)34-20-7-4-8-21(14-20)35(2,32)33/h3-4,7-12,14,16,18H,1,5-6,13,15H2,2H3,(H2,26,31)/t18-/m1/s1. The van der Waals surface area contributed by atoms with E-state index in [1.165, 1.54) is 18.2 Å². The molecule has 182 valence electrons. The zero-order chi connectivity index (χ0) is 25.2. The van der Waals surface area contributed by atoms with Crippen LogP contribution in [0.2, 0.25) is 0 Å². The minimum absolute atomic E-state index is 0.0794. The third-order valence-electron chi connectivity index (χ3n) is 5.85. The number of aromatic nitrogens is 2. The average Bonchev–Trinajstić information content (AvgIpc) is 3.30. The van der Waals surface area contributed by atoms with E-state index in [0.29, 0.717) is 35.8 Å². The maximum absolute atomic E-state index is 12.1. The fourth-order valence-electron chi connectivity index (χ4n) is 4.06. The Labute approximate surface area is 203 Å². The van der Waals surface area contributed by atoms with E-state index in [-0.39, 0.29) is 22.4 Å². The molecule has 2 N–H and O–H groups in total. The molecular weight excluding hydrogens is 468 g/mol. The Balaban J connectivity index is 1.57. The van der Waals surface area contributed by atoms with Gasteiger partial charge in [0.05, 0.1) is 16.5 Å². The van der Waals surface area contributed by atoms with E-state index in [1.54, 1.807) is 52.2 Å². The van der Waals surface area contributed by atoms with E-state index in [0.717, 1.165) is 19.1 Å². The van der Waals surface area contributed by atoms with Crippen LogP contribution < -0.4 is 10.5 Å². The SMILES string of the molecule is C=CC(=O)N1CCC[C@@H](n2cc(C(N)=O)c(-c3ccc(Oc4cccc(S(C)(=O)=O)c4)cc3)n2)C1. The normalized spacial score (nSPS) is 16.0. The van der Waals surface area contributed by atoms with Gasteiger partial charge in [-0.2, -0.15) is 5.10 Å². The Morgan fingerprint density at radius 3 is 2.57 bits per heavy atom. The molecule has 10 heteroatoms. The van der Waals surface area contributed by atoms with Crippen LogP contribution in [0.15, 0.2) is 72.3 Å². The van der Waals surface area contributed by atoms with Gasteiger partial charge in [-0.15, -0.1) is 0 Å². The predicted octanol–water partition coefficient (Wildman–Crippen LogP) is 3.19. The Morgan fingerprint density at radius 2 is 1.91 bits per heavy atom. The van der Waals surface area contributed by atoms with Crippen molar-refractivity contribution in [2.75, 3.05) is 19.3 Å². The topological polar surface area (TPSA) is 125 Å². The first kappa shape index (κ1) is 24.2. The maximum Gasteiger partial charge on any atom is 0.252 e. The zero-order valence-electron chi connectivity index (χ0n) is 19.3. The van der Waals surface area contributed by atoms with Gasteiger partial charge in [-0.3, -0.25) is 14.3 Å². The van der Waals surface area contributed by atoms with Crippen LogP contribution in [-0.2, 0) is 14.6 Å². The summed E-state index contributed by atoms with van der Waals surface area (Å²) in [7, 11) is -3.35. The van der Waals surface area contributed by atoms with Gasteiger partial charge in [0.25, 0.3) is 5.91 Å². The number of carbonyl (C=O) groups is 2. The highest BCUT2D eigenvalue weighted by atomic mass is 32.2. The van der Waals surface area contributed by atoms with Gasteiger partial charge in [0, 0.05) is 31.1 Å². The number of rotatable bonds is 7. The fraction of sp³-hybridized carbons (Fsp3) is 0.240. The molecule has 0 aliphatic carbocycles. The van der Waals surface area contributed by atoms with Gasteiger partial charge in [-0.1, -0.05) is 12.6 Å². The molecular formula is C25H26N4O5S. The lowest BCUT2D eigenvalue weighted by Crippen LogP contribution is -2.40. The molecule has 3 aromatic rings. The molecule has 0 radical (unpaired) electrons. The third-order valence-corrected chi connectivity index (χ3v) is 6.96. The number of nitrogens with zero attached hydrogens (tertiary/aromatic N) is 3. The molecule has 1 atom stereocenters. The van der Waals surface area contributed by atoms with Gasteiger partial charge < -0.3 is 15.4 Å². The van der Waals surface area contributed by atoms with Crippen molar-refractivity contribution in [1.82, 2.24) is 14.7 Å². The number of benzene rings is 2. The molecule has 0 spiro atoms. The number of hydrogen-bond donors (Lipinski definition) is 1. The second kappa shape index (κ2) is 9.75. The van der Waals surface area contributed by atoms with Crippen molar-refractivity contribution in [3.63, 3.8) is 0 Å². The number of carbonyl (C=O) groups excluding carboxylic acids is 2. The van der Waals surface area contributed by atoms with Crippen LogP contribution in [0.4, 0.5) is 0 Å². The van der Waals surface area contributed by atoms with Crippen LogP contribution in [0.1, 0.15) is 29.2 Å². The van der Waals surface area contributed by atoms with Gasteiger partial charge in [0.1, 0.15) is 17.2 Å². The Morgan fingerprint density at radius 1 is 1.17 bits per heavy atom. The predicted molar refractivity (Wildman–Crippen MR) is 131 cm³/mol. The van der Waals surface area contributed by atoms with Gasteiger partial charge in [0.2, 0.25) is 5.91 Å². The summed E-state index contributed by atoms with van der Waals surface area (Å²) in [6.45, 7) is 4.69. The Bertz CT molecular complexity index is 1380. The van der Waals surface area contributed by atoms with Gasteiger partial charge >= 0.3 is 0 Å². The first-order valence-electron chi connectivity index (χ1n) is 11.0. The first-order valence-corrected chi connectivity index (χ1v) is 12.9. The summed E-state index contributed by atoms with van der Waals surface area (Å²) in [6.07, 6.45) is 5.70. The molecule has 1 saturated heterocycles. The molecule has 1 fully saturated rings. The molecule has 4 rings (SSSR count). The van der Waals surface area contributed by atoms with Crippen LogP contribution in [0.25, 0.3) is 11.3 Å². The largest absolute Gasteiger partial charge is 0.457 e. The van der Waals surface area contributed by atoms with Gasteiger partial charge in [-0.25, -0.2) is 8.42 Å². The number of ether oxygens (including phenoxy) is 1. The summed E-state index contributed by atoms with van der Waals surface area (Å²) in [5.74, 6) is 0.151. The number of primary amides is 1. The van der Waals surface area contributed by atoms with E-state index in [9.17, 15) is 18.0 Å². The lowest BCUT2D eigenvalue weighted by Gasteiger charge is -2.32. The van der Waals surface area contributed by atoms with Crippen molar-refractivity contribution < 1.29 is 22.7 Å². The molecule has 9 nitrogen and oxygen atoms in total. The van der Waals surface area contributed by atoms with E-state index in [1.807, 2.05) is 0 Å². The Hall–Kier alpha value is -3.92. The smallest absolute Gasteiger partial charge is 0.252 e. The third kappa shape index (κ3) is 5.43. The molecule has 0 saturated carbocycles. The number of likely N-dealkylation sites (tertiary alicyclic amines) is 1. The summed E-state index contributed by atoms with van der Waals surface area (Å²) in [5, 5.41) is 4.64. The van der Waals surface area contributed by atoms with Crippen molar-refractivity contribution in [3.8, 4) is 22.8 Å². The molecule has 2 amide bonds. The van der Waals surface area contributed by atoms with Crippen LogP contribution >= 0.6 is 0 Å².